The summed E-state index contributed by atoms with van der Waals surface area (Å²) in [5, 5.41) is 2.80. The standard InChI is InChI=1S/C15H24BN3O3/c1-10-13(19-9-18-10)7-12(8-17-11(2)20)16-21-14(3,4)15(5,6)22-16/h7,9H,8H2,1-6H3,(H,17,20)(H,18,19). The van der Waals surface area contributed by atoms with Crippen LogP contribution in [-0.4, -0.2) is 40.7 Å². The summed E-state index contributed by atoms with van der Waals surface area (Å²) in [6.07, 6.45) is 3.55. The van der Waals surface area contributed by atoms with E-state index in [-0.39, 0.29) is 5.91 Å². The van der Waals surface area contributed by atoms with Crippen LogP contribution in [0.3, 0.4) is 0 Å². The van der Waals surface area contributed by atoms with Gasteiger partial charge >= 0.3 is 7.12 Å². The number of aromatic nitrogens is 2. The van der Waals surface area contributed by atoms with E-state index >= 15 is 0 Å². The van der Waals surface area contributed by atoms with E-state index in [2.05, 4.69) is 15.3 Å². The van der Waals surface area contributed by atoms with Crippen LogP contribution in [0.5, 0.6) is 0 Å². The molecule has 6 nitrogen and oxygen atoms in total. The minimum atomic E-state index is -0.507. The first-order valence-electron chi connectivity index (χ1n) is 7.43. The van der Waals surface area contributed by atoms with Crippen molar-refractivity contribution in [1.29, 1.82) is 0 Å². The molecular weight excluding hydrogens is 281 g/mol. The van der Waals surface area contributed by atoms with E-state index in [1.54, 1.807) is 6.33 Å². The van der Waals surface area contributed by atoms with Gasteiger partial charge in [-0.05, 0) is 46.2 Å². The van der Waals surface area contributed by atoms with Crippen LogP contribution in [0.15, 0.2) is 11.8 Å². The predicted octanol–water partition coefficient (Wildman–Crippen LogP) is 1.87. The fraction of sp³-hybridized carbons (Fsp3) is 0.600. The summed E-state index contributed by atoms with van der Waals surface area (Å²) in [4.78, 5) is 18.6. The lowest BCUT2D eigenvalue weighted by Crippen LogP contribution is -2.41. The molecule has 0 bridgehead atoms. The average Bonchev–Trinajstić information content (AvgIpc) is 2.86. The topological polar surface area (TPSA) is 76.2 Å². The average molecular weight is 305 g/mol. The van der Waals surface area contributed by atoms with E-state index < -0.39 is 18.3 Å². The van der Waals surface area contributed by atoms with Crippen molar-refractivity contribution in [1.82, 2.24) is 15.3 Å². The molecule has 1 fully saturated rings. The molecule has 1 aromatic heterocycles. The zero-order valence-electron chi connectivity index (χ0n) is 14.1. The van der Waals surface area contributed by atoms with E-state index in [1.165, 1.54) is 6.92 Å². The highest BCUT2D eigenvalue weighted by Crippen LogP contribution is 2.38. The molecule has 1 aliphatic rings. The Bertz CT molecular complexity index is 577. The minimum absolute atomic E-state index is 0.0961. The molecule has 0 atom stereocenters. The number of H-pyrrole nitrogens is 1. The molecule has 0 unspecified atom stereocenters. The lowest BCUT2D eigenvalue weighted by molar-refractivity contribution is -0.118. The monoisotopic (exact) mass is 305 g/mol. The number of hydrogen-bond donors (Lipinski definition) is 2. The van der Waals surface area contributed by atoms with Gasteiger partial charge in [0, 0.05) is 19.2 Å². The number of nitrogens with zero attached hydrogens (tertiary/aromatic N) is 1. The maximum absolute atomic E-state index is 11.2. The molecule has 2 N–H and O–H groups in total. The van der Waals surface area contributed by atoms with Crippen molar-refractivity contribution in [3.05, 3.63) is 23.2 Å². The minimum Gasteiger partial charge on any atom is -0.400 e. The molecule has 2 rings (SSSR count). The number of hydrogen-bond acceptors (Lipinski definition) is 4. The second-order valence-corrected chi connectivity index (χ2v) is 6.63. The Morgan fingerprint density at radius 2 is 1.95 bits per heavy atom. The van der Waals surface area contributed by atoms with Crippen molar-refractivity contribution in [2.75, 3.05) is 6.54 Å². The van der Waals surface area contributed by atoms with Gasteiger partial charge in [-0.25, -0.2) is 4.98 Å². The Morgan fingerprint density at radius 3 is 2.41 bits per heavy atom. The summed E-state index contributed by atoms with van der Waals surface area (Å²) in [6.45, 7) is 11.8. The van der Waals surface area contributed by atoms with Crippen LogP contribution in [0, 0.1) is 6.92 Å². The Hall–Kier alpha value is -1.60. The smallest absolute Gasteiger partial charge is 0.400 e. The highest BCUT2D eigenvalue weighted by Gasteiger charge is 2.52. The van der Waals surface area contributed by atoms with Gasteiger partial charge in [0.25, 0.3) is 0 Å². The number of carbonyl (C=O) groups is 1. The molecule has 22 heavy (non-hydrogen) atoms. The summed E-state index contributed by atoms with van der Waals surface area (Å²) in [7, 11) is -0.507. The summed E-state index contributed by atoms with van der Waals surface area (Å²) in [5.74, 6) is -0.0961. The fourth-order valence-electron chi connectivity index (χ4n) is 2.11. The van der Waals surface area contributed by atoms with E-state index in [0.29, 0.717) is 6.54 Å². The first kappa shape index (κ1) is 16.8. The number of amides is 1. The van der Waals surface area contributed by atoms with Gasteiger partial charge in [-0.1, -0.05) is 0 Å². The lowest BCUT2D eigenvalue weighted by Gasteiger charge is -2.32. The molecular formula is C15H24BN3O3. The number of carbonyl (C=O) groups excluding carboxylic acids is 1. The Morgan fingerprint density at radius 1 is 1.36 bits per heavy atom. The van der Waals surface area contributed by atoms with Gasteiger partial charge in [0.2, 0.25) is 5.91 Å². The predicted molar refractivity (Wildman–Crippen MR) is 86.1 cm³/mol. The van der Waals surface area contributed by atoms with Gasteiger partial charge < -0.3 is 19.6 Å². The molecule has 0 aliphatic carbocycles. The highest BCUT2D eigenvalue weighted by atomic mass is 16.7. The number of nitrogens with one attached hydrogen (secondary N) is 2. The SMILES string of the molecule is CC(=O)NCC(=Cc1nc[nH]c1C)B1OC(C)(C)C(C)(C)O1. The van der Waals surface area contributed by atoms with Gasteiger partial charge in [0.05, 0.1) is 23.2 Å². The molecule has 0 spiro atoms. The number of aromatic amines is 1. The maximum atomic E-state index is 11.2. The third-order valence-electron chi connectivity index (χ3n) is 4.29. The van der Waals surface area contributed by atoms with Gasteiger partial charge in [-0.3, -0.25) is 4.79 Å². The van der Waals surface area contributed by atoms with Crippen LogP contribution >= 0.6 is 0 Å². The van der Waals surface area contributed by atoms with Gasteiger partial charge in [0.15, 0.2) is 0 Å². The summed E-state index contributed by atoms with van der Waals surface area (Å²) in [6, 6.07) is 0. The maximum Gasteiger partial charge on any atom is 0.492 e. The van der Waals surface area contributed by atoms with Crippen LogP contribution in [0.2, 0.25) is 0 Å². The van der Waals surface area contributed by atoms with E-state index in [9.17, 15) is 4.79 Å². The Kier molecular flexibility index (Phi) is 4.49. The first-order chi connectivity index (χ1) is 10.1. The lowest BCUT2D eigenvalue weighted by atomic mass is 9.77. The molecule has 7 heteroatoms. The summed E-state index contributed by atoms with van der Waals surface area (Å²) >= 11 is 0. The van der Waals surface area contributed by atoms with Crippen molar-refractivity contribution >= 4 is 19.1 Å². The second kappa shape index (κ2) is 5.89. The van der Waals surface area contributed by atoms with Crippen molar-refractivity contribution in [2.24, 2.45) is 0 Å². The zero-order chi connectivity index (χ0) is 16.5. The van der Waals surface area contributed by atoms with Crippen molar-refractivity contribution < 1.29 is 14.1 Å². The van der Waals surface area contributed by atoms with Crippen LogP contribution < -0.4 is 5.32 Å². The Labute approximate surface area is 131 Å². The molecule has 0 radical (unpaired) electrons. The molecule has 120 valence electrons. The fourth-order valence-corrected chi connectivity index (χ4v) is 2.11. The largest absolute Gasteiger partial charge is 0.492 e. The van der Waals surface area contributed by atoms with E-state index in [0.717, 1.165) is 16.9 Å². The molecule has 1 amide bonds. The highest BCUT2D eigenvalue weighted by molar-refractivity contribution is 6.56. The van der Waals surface area contributed by atoms with Crippen molar-refractivity contribution in [3.63, 3.8) is 0 Å². The second-order valence-electron chi connectivity index (χ2n) is 6.63. The third kappa shape index (κ3) is 3.42. The zero-order valence-corrected chi connectivity index (χ0v) is 14.1. The van der Waals surface area contributed by atoms with E-state index in [1.807, 2.05) is 40.7 Å². The van der Waals surface area contributed by atoms with Crippen LogP contribution in [0.25, 0.3) is 6.08 Å². The quantitative estimate of drug-likeness (QED) is 0.833. The summed E-state index contributed by atoms with van der Waals surface area (Å²) in [5.41, 5.74) is 1.76. The third-order valence-corrected chi connectivity index (χ3v) is 4.29. The van der Waals surface area contributed by atoms with Gasteiger partial charge in [-0.2, -0.15) is 0 Å². The van der Waals surface area contributed by atoms with Gasteiger partial charge in [-0.15, -0.1) is 0 Å². The molecule has 1 saturated heterocycles. The number of aryl methyl sites for hydroxylation is 1. The normalized spacial score (nSPS) is 20.3. The Balaban J connectivity index is 2.28. The molecule has 0 saturated carbocycles. The molecule has 0 aromatic carbocycles. The summed E-state index contributed by atoms with van der Waals surface area (Å²) < 4.78 is 12.1. The van der Waals surface area contributed by atoms with Crippen molar-refractivity contribution in [2.45, 2.75) is 52.7 Å². The van der Waals surface area contributed by atoms with Crippen LogP contribution in [0.1, 0.15) is 46.0 Å². The molecule has 2 heterocycles. The first-order valence-corrected chi connectivity index (χ1v) is 7.43. The number of imidazole rings is 1. The van der Waals surface area contributed by atoms with Crippen LogP contribution in [0.4, 0.5) is 0 Å². The van der Waals surface area contributed by atoms with E-state index in [4.69, 9.17) is 9.31 Å². The van der Waals surface area contributed by atoms with Crippen LogP contribution in [-0.2, 0) is 14.1 Å². The molecule has 1 aliphatic heterocycles. The van der Waals surface area contributed by atoms with Crippen molar-refractivity contribution in [3.8, 4) is 0 Å². The van der Waals surface area contributed by atoms with Gasteiger partial charge in [0.1, 0.15) is 0 Å². The molecule has 1 aromatic rings. The number of rotatable bonds is 4.